The van der Waals surface area contributed by atoms with Crippen molar-refractivity contribution in [2.45, 2.75) is 11.3 Å². The smallest absolute Gasteiger partial charge is 0.241 e. The largest absolute Gasteiger partial charge is 0.497 e. The minimum absolute atomic E-state index is 0.0230. The summed E-state index contributed by atoms with van der Waals surface area (Å²) >= 11 is 0. The quantitative estimate of drug-likeness (QED) is 0.829. The van der Waals surface area contributed by atoms with Gasteiger partial charge in [-0.15, -0.1) is 0 Å². The van der Waals surface area contributed by atoms with Crippen molar-refractivity contribution in [3.63, 3.8) is 0 Å². The number of hydrogen-bond acceptors (Lipinski definition) is 5. The van der Waals surface area contributed by atoms with Crippen LogP contribution in [0.3, 0.4) is 0 Å². The third kappa shape index (κ3) is 4.04. The van der Waals surface area contributed by atoms with Crippen molar-refractivity contribution in [2.75, 3.05) is 20.8 Å². The van der Waals surface area contributed by atoms with Crippen LogP contribution in [0, 0.1) is 11.3 Å². The van der Waals surface area contributed by atoms with E-state index in [0.717, 1.165) is 5.56 Å². The third-order valence-corrected chi connectivity index (χ3v) is 4.99. The van der Waals surface area contributed by atoms with E-state index in [1.54, 1.807) is 44.6 Å². The Morgan fingerprint density at radius 1 is 1.12 bits per heavy atom. The first-order chi connectivity index (χ1) is 11.5. The lowest BCUT2D eigenvalue weighted by Crippen LogP contribution is -2.26. The van der Waals surface area contributed by atoms with Crippen LogP contribution in [0.1, 0.15) is 11.1 Å². The predicted octanol–water partition coefficient (Wildman–Crippen LogP) is 2.10. The minimum atomic E-state index is -3.75. The first kappa shape index (κ1) is 17.8. The highest BCUT2D eigenvalue weighted by molar-refractivity contribution is 7.89. The van der Waals surface area contributed by atoms with Crippen LogP contribution in [0.15, 0.2) is 47.4 Å². The number of methoxy groups -OCH3 is 2. The molecule has 1 N–H and O–H groups in total. The molecule has 0 saturated carbocycles. The molecule has 7 heteroatoms. The molecule has 6 nitrogen and oxygen atoms in total. The van der Waals surface area contributed by atoms with Crippen LogP contribution >= 0.6 is 0 Å². The zero-order chi connectivity index (χ0) is 17.6. The topological polar surface area (TPSA) is 88.4 Å². The number of ether oxygens (including phenoxy) is 2. The normalized spacial score (nSPS) is 10.9. The van der Waals surface area contributed by atoms with Gasteiger partial charge >= 0.3 is 0 Å². The number of benzene rings is 2. The molecule has 0 fully saturated rings. The van der Waals surface area contributed by atoms with E-state index in [1.807, 2.05) is 6.07 Å². The Morgan fingerprint density at radius 3 is 2.54 bits per heavy atom. The van der Waals surface area contributed by atoms with E-state index in [9.17, 15) is 8.42 Å². The number of sulfonamides is 1. The van der Waals surface area contributed by atoms with E-state index in [4.69, 9.17) is 14.7 Å². The van der Waals surface area contributed by atoms with E-state index in [2.05, 4.69) is 4.72 Å². The average Bonchev–Trinajstić information content (AvgIpc) is 2.61. The summed E-state index contributed by atoms with van der Waals surface area (Å²) in [5.74, 6) is 1.33. The third-order valence-electron chi connectivity index (χ3n) is 3.47. The molecule has 0 aliphatic carbocycles. The Kier molecular flexibility index (Phi) is 5.79. The molecule has 2 aromatic rings. The zero-order valence-electron chi connectivity index (χ0n) is 13.4. The second kappa shape index (κ2) is 7.81. The van der Waals surface area contributed by atoms with Gasteiger partial charge in [0.05, 0.1) is 24.7 Å². The van der Waals surface area contributed by atoms with Crippen molar-refractivity contribution in [2.24, 2.45) is 0 Å². The molecule has 2 aromatic carbocycles. The minimum Gasteiger partial charge on any atom is -0.497 e. The number of nitrogens with zero attached hydrogens (tertiary/aromatic N) is 1. The van der Waals surface area contributed by atoms with E-state index in [1.165, 1.54) is 12.1 Å². The Labute approximate surface area is 141 Å². The van der Waals surface area contributed by atoms with Crippen LogP contribution in [0.4, 0.5) is 0 Å². The molecule has 0 atom stereocenters. The fourth-order valence-corrected chi connectivity index (χ4v) is 3.46. The van der Waals surface area contributed by atoms with Crippen molar-refractivity contribution in [3.8, 4) is 17.6 Å². The summed E-state index contributed by atoms with van der Waals surface area (Å²) in [6.07, 6.45) is 0.425. The summed E-state index contributed by atoms with van der Waals surface area (Å²) in [5, 5.41) is 9.04. The molecule has 0 saturated heterocycles. The highest BCUT2D eigenvalue weighted by Crippen LogP contribution is 2.24. The number of rotatable bonds is 7. The van der Waals surface area contributed by atoms with Crippen LogP contribution in [0.2, 0.25) is 0 Å². The zero-order valence-corrected chi connectivity index (χ0v) is 14.3. The maximum Gasteiger partial charge on any atom is 0.241 e. The van der Waals surface area contributed by atoms with E-state index < -0.39 is 10.0 Å². The standard InChI is InChI=1S/C17H18N2O4S/c1-22-15-7-8-16(23-2)13(11-15)9-10-19-24(20,21)17-6-4-3-5-14(17)12-18/h3-8,11,19H,9-10H2,1-2H3. The second-order valence-electron chi connectivity index (χ2n) is 4.93. The molecule has 0 spiro atoms. The van der Waals surface area contributed by atoms with Crippen molar-refractivity contribution in [3.05, 3.63) is 53.6 Å². The van der Waals surface area contributed by atoms with Crippen LogP contribution in [-0.2, 0) is 16.4 Å². The Balaban J connectivity index is 2.13. The summed E-state index contributed by atoms with van der Waals surface area (Å²) in [6.45, 7) is 0.172. The monoisotopic (exact) mass is 346 g/mol. The molecule has 0 unspecified atom stereocenters. The number of nitrogens with one attached hydrogen (secondary N) is 1. The second-order valence-corrected chi connectivity index (χ2v) is 6.67. The fourth-order valence-electron chi connectivity index (χ4n) is 2.27. The van der Waals surface area contributed by atoms with Gasteiger partial charge < -0.3 is 9.47 Å². The molecule has 0 bridgehead atoms. The highest BCUT2D eigenvalue weighted by atomic mass is 32.2. The lowest BCUT2D eigenvalue weighted by Gasteiger charge is -2.12. The highest BCUT2D eigenvalue weighted by Gasteiger charge is 2.17. The SMILES string of the molecule is COc1ccc(OC)c(CCNS(=O)(=O)c2ccccc2C#N)c1. The van der Waals surface area contributed by atoms with Gasteiger partial charge in [0, 0.05) is 6.54 Å². The summed E-state index contributed by atoms with van der Waals surface area (Å²) in [5.41, 5.74) is 0.942. The van der Waals surface area contributed by atoms with Gasteiger partial charge in [-0.05, 0) is 42.3 Å². The lowest BCUT2D eigenvalue weighted by molar-refractivity contribution is 0.398. The Morgan fingerprint density at radius 2 is 1.88 bits per heavy atom. The maximum absolute atomic E-state index is 12.4. The molecule has 0 aliphatic rings. The van der Waals surface area contributed by atoms with E-state index in [-0.39, 0.29) is 17.0 Å². The Hall–Kier alpha value is -2.56. The van der Waals surface area contributed by atoms with E-state index in [0.29, 0.717) is 17.9 Å². The molecule has 24 heavy (non-hydrogen) atoms. The molecular weight excluding hydrogens is 328 g/mol. The van der Waals surface area contributed by atoms with Crippen molar-refractivity contribution < 1.29 is 17.9 Å². The molecule has 126 valence electrons. The molecular formula is C17H18N2O4S. The summed E-state index contributed by atoms with van der Waals surface area (Å²) < 4.78 is 37.7. The van der Waals surface area contributed by atoms with Crippen LogP contribution in [0.5, 0.6) is 11.5 Å². The number of hydrogen-bond donors (Lipinski definition) is 1. The lowest BCUT2D eigenvalue weighted by atomic mass is 10.1. The van der Waals surface area contributed by atoms with E-state index >= 15 is 0 Å². The predicted molar refractivity (Wildman–Crippen MR) is 89.6 cm³/mol. The first-order valence-corrected chi connectivity index (χ1v) is 8.70. The van der Waals surface area contributed by atoms with Gasteiger partial charge in [0.1, 0.15) is 17.6 Å². The van der Waals surface area contributed by atoms with Crippen LogP contribution in [-0.4, -0.2) is 29.2 Å². The van der Waals surface area contributed by atoms with Gasteiger partial charge in [0.2, 0.25) is 10.0 Å². The van der Waals surface area contributed by atoms with Gasteiger partial charge in [0.15, 0.2) is 0 Å². The molecule has 0 aliphatic heterocycles. The summed E-state index contributed by atoms with van der Waals surface area (Å²) in [6, 6.07) is 13.3. The number of nitriles is 1. The summed E-state index contributed by atoms with van der Waals surface area (Å²) in [4.78, 5) is -0.0230. The molecule has 0 radical (unpaired) electrons. The van der Waals surface area contributed by atoms with Crippen molar-refractivity contribution in [1.82, 2.24) is 4.72 Å². The molecule has 2 rings (SSSR count). The van der Waals surface area contributed by atoms with Crippen LogP contribution in [0.25, 0.3) is 0 Å². The Bertz CT molecular complexity index is 857. The van der Waals surface area contributed by atoms with Gasteiger partial charge in [-0.1, -0.05) is 12.1 Å². The molecule has 0 aromatic heterocycles. The van der Waals surface area contributed by atoms with Gasteiger partial charge in [0.25, 0.3) is 0 Å². The fraction of sp³-hybridized carbons (Fsp3) is 0.235. The molecule has 0 amide bonds. The molecule has 0 heterocycles. The first-order valence-electron chi connectivity index (χ1n) is 7.21. The van der Waals surface area contributed by atoms with Gasteiger partial charge in [-0.25, -0.2) is 13.1 Å². The maximum atomic E-state index is 12.4. The van der Waals surface area contributed by atoms with Gasteiger partial charge in [-0.3, -0.25) is 0 Å². The summed E-state index contributed by atoms with van der Waals surface area (Å²) in [7, 11) is -0.636. The van der Waals surface area contributed by atoms with Crippen LogP contribution < -0.4 is 14.2 Å². The van der Waals surface area contributed by atoms with Gasteiger partial charge in [-0.2, -0.15) is 5.26 Å². The van der Waals surface area contributed by atoms with Crippen molar-refractivity contribution >= 4 is 10.0 Å². The average molecular weight is 346 g/mol. The van der Waals surface area contributed by atoms with Crippen molar-refractivity contribution in [1.29, 1.82) is 5.26 Å².